The Bertz CT molecular complexity index is 793. The highest BCUT2D eigenvalue weighted by molar-refractivity contribution is 14.0. The zero-order valence-corrected chi connectivity index (χ0v) is 17.5. The molecular formula is C18H23FIN7. The van der Waals surface area contributed by atoms with Crippen molar-refractivity contribution in [3.63, 3.8) is 0 Å². The standard InChI is InChI=1S/C18H22FN7.HI/c1-2-21-18(22-11-15-9-13(10-20)3-4-16(15)19)26-7-5-14(6-8-26)17-23-12-24-25-17;/h3-4,9,12,14H,2,5-8,11H2,1H3,(H,21,22)(H,23,24,25);1H. The van der Waals surface area contributed by atoms with Crippen LogP contribution in [0.5, 0.6) is 0 Å². The Morgan fingerprint density at radius 2 is 2.22 bits per heavy atom. The molecule has 0 spiro atoms. The van der Waals surface area contributed by atoms with E-state index in [1.165, 1.54) is 18.5 Å². The summed E-state index contributed by atoms with van der Waals surface area (Å²) < 4.78 is 14.0. The minimum atomic E-state index is -0.340. The Labute approximate surface area is 175 Å². The molecule has 2 aromatic rings. The topological polar surface area (TPSA) is 93.0 Å². The molecule has 1 saturated heterocycles. The Balaban J connectivity index is 0.00000261. The molecule has 1 fully saturated rings. The lowest BCUT2D eigenvalue weighted by Gasteiger charge is -2.33. The first kappa shape index (κ1) is 21.1. The summed E-state index contributed by atoms with van der Waals surface area (Å²) in [4.78, 5) is 11.0. The molecule has 1 aromatic heterocycles. The van der Waals surface area contributed by atoms with Gasteiger partial charge >= 0.3 is 0 Å². The van der Waals surface area contributed by atoms with E-state index in [0.29, 0.717) is 17.0 Å². The highest BCUT2D eigenvalue weighted by atomic mass is 127. The number of benzene rings is 1. The van der Waals surface area contributed by atoms with Gasteiger partial charge in [-0.25, -0.2) is 14.4 Å². The first-order chi connectivity index (χ1) is 12.7. The van der Waals surface area contributed by atoms with Crippen molar-refractivity contribution in [3.05, 3.63) is 47.3 Å². The predicted octanol–water partition coefficient (Wildman–Crippen LogP) is 2.78. The predicted molar refractivity (Wildman–Crippen MR) is 111 cm³/mol. The highest BCUT2D eigenvalue weighted by Crippen LogP contribution is 2.25. The quantitative estimate of drug-likeness (QED) is 0.397. The molecule has 0 radical (unpaired) electrons. The summed E-state index contributed by atoms with van der Waals surface area (Å²) in [6.45, 7) is 4.64. The molecule has 2 heterocycles. The number of nitrogens with one attached hydrogen (secondary N) is 2. The number of aliphatic imine (C=N–C) groups is 1. The average molecular weight is 483 g/mol. The van der Waals surface area contributed by atoms with Gasteiger partial charge in [-0.15, -0.1) is 24.0 Å². The van der Waals surface area contributed by atoms with E-state index in [2.05, 4.69) is 30.4 Å². The van der Waals surface area contributed by atoms with Gasteiger partial charge in [0.25, 0.3) is 0 Å². The first-order valence-electron chi connectivity index (χ1n) is 8.78. The fourth-order valence-electron chi connectivity index (χ4n) is 3.13. The van der Waals surface area contributed by atoms with Crippen LogP contribution in [0, 0.1) is 17.1 Å². The number of rotatable bonds is 4. The van der Waals surface area contributed by atoms with E-state index in [0.717, 1.165) is 44.3 Å². The van der Waals surface area contributed by atoms with Crippen LogP contribution in [0.1, 0.15) is 42.6 Å². The van der Waals surface area contributed by atoms with Crippen molar-refractivity contribution < 1.29 is 4.39 Å². The van der Waals surface area contributed by atoms with Gasteiger partial charge in [-0.2, -0.15) is 10.4 Å². The molecule has 0 amide bonds. The highest BCUT2D eigenvalue weighted by Gasteiger charge is 2.24. The monoisotopic (exact) mass is 483 g/mol. The molecule has 0 unspecified atom stereocenters. The molecule has 0 saturated carbocycles. The van der Waals surface area contributed by atoms with E-state index in [4.69, 9.17) is 5.26 Å². The molecule has 2 N–H and O–H groups in total. The Kier molecular flexibility index (Phi) is 7.97. The van der Waals surface area contributed by atoms with Gasteiger partial charge in [-0.1, -0.05) is 0 Å². The summed E-state index contributed by atoms with van der Waals surface area (Å²) >= 11 is 0. The van der Waals surface area contributed by atoms with Crippen LogP contribution < -0.4 is 5.32 Å². The fraction of sp³-hybridized carbons (Fsp3) is 0.444. The van der Waals surface area contributed by atoms with Gasteiger partial charge in [-0.05, 0) is 38.0 Å². The van der Waals surface area contributed by atoms with Crippen LogP contribution in [-0.2, 0) is 6.54 Å². The average Bonchev–Trinajstić information content (AvgIpc) is 3.21. The van der Waals surface area contributed by atoms with Gasteiger partial charge in [0.2, 0.25) is 0 Å². The first-order valence-corrected chi connectivity index (χ1v) is 8.78. The van der Waals surface area contributed by atoms with Crippen LogP contribution in [0.3, 0.4) is 0 Å². The van der Waals surface area contributed by atoms with Crippen molar-refractivity contribution in [1.82, 2.24) is 25.4 Å². The molecule has 3 rings (SSSR count). The second kappa shape index (κ2) is 10.2. The molecule has 1 aromatic carbocycles. The summed E-state index contributed by atoms with van der Waals surface area (Å²) in [5.41, 5.74) is 0.866. The Morgan fingerprint density at radius 3 is 2.85 bits per heavy atom. The van der Waals surface area contributed by atoms with Crippen molar-refractivity contribution in [2.24, 2.45) is 4.99 Å². The number of aromatic nitrogens is 3. The molecule has 27 heavy (non-hydrogen) atoms. The van der Waals surface area contributed by atoms with E-state index in [1.54, 1.807) is 6.07 Å². The zero-order chi connectivity index (χ0) is 18.4. The normalized spacial score (nSPS) is 15.1. The summed E-state index contributed by atoms with van der Waals surface area (Å²) in [7, 11) is 0. The molecule has 144 valence electrons. The second-order valence-electron chi connectivity index (χ2n) is 6.22. The maximum atomic E-state index is 14.0. The molecule has 0 aliphatic carbocycles. The van der Waals surface area contributed by atoms with Crippen LogP contribution in [0.25, 0.3) is 0 Å². The molecule has 7 nitrogen and oxygen atoms in total. The van der Waals surface area contributed by atoms with Crippen molar-refractivity contribution in [1.29, 1.82) is 5.26 Å². The van der Waals surface area contributed by atoms with Crippen molar-refractivity contribution in [2.45, 2.75) is 32.2 Å². The van der Waals surface area contributed by atoms with E-state index in [1.807, 2.05) is 13.0 Å². The van der Waals surface area contributed by atoms with E-state index in [9.17, 15) is 4.39 Å². The Hall–Kier alpha value is -2.22. The lowest BCUT2D eigenvalue weighted by atomic mass is 9.96. The summed E-state index contributed by atoms with van der Waals surface area (Å²) in [6, 6.07) is 6.38. The lowest BCUT2D eigenvalue weighted by molar-refractivity contribution is 0.298. The van der Waals surface area contributed by atoms with Gasteiger partial charge in [-0.3, -0.25) is 5.10 Å². The second-order valence-corrected chi connectivity index (χ2v) is 6.22. The third kappa shape index (κ3) is 5.38. The Morgan fingerprint density at radius 1 is 1.44 bits per heavy atom. The van der Waals surface area contributed by atoms with Crippen LogP contribution in [0.2, 0.25) is 0 Å². The molecular weight excluding hydrogens is 460 g/mol. The van der Waals surface area contributed by atoms with E-state index in [-0.39, 0.29) is 36.3 Å². The number of likely N-dealkylation sites (tertiary alicyclic amines) is 1. The summed E-state index contributed by atoms with van der Waals surface area (Å²) in [6.07, 6.45) is 3.45. The minimum absolute atomic E-state index is 0. The molecule has 1 aliphatic heterocycles. The third-order valence-electron chi connectivity index (χ3n) is 4.52. The molecule has 1 aliphatic rings. The van der Waals surface area contributed by atoms with Crippen LogP contribution in [0.4, 0.5) is 4.39 Å². The number of hydrogen-bond donors (Lipinski definition) is 2. The molecule has 0 atom stereocenters. The number of aromatic amines is 1. The van der Waals surface area contributed by atoms with Gasteiger partial charge in [0.1, 0.15) is 18.0 Å². The van der Waals surface area contributed by atoms with E-state index >= 15 is 0 Å². The van der Waals surface area contributed by atoms with Gasteiger partial charge in [0, 0.05) is 31.1 Å². The zero-order valence-electron chi connectivity index (χ0n) is 15.2. The van der Waals surface area contributed by atoms with Crippen molar-refractivity contribution in [3.8, 4) is 6.07 Å². The fourth-order valence-corrected chi connectivity index (χ4v) is 3.13. The number of guanidine groups is 1. The minimum Gasteiger partial charge on any atom is -0.357 e. The van der Waals surface area contributed by atoms with Crippen molar-refractivity contribution >= 4 is 29.9 Å². The SMILES string of the molecule is CCNC(=NCc1cc(C#N)ccc1F)N1CCC(c2ncn[nH]2)CC1.I. The maximum Gasteiger partial charge on any atom is 0.194 e. The molecule has 0 bridgehead atoms. The smallest absolute Gasteiger partial charge is 0.194 e. The van der Waals surface area contributed by atoms with Crippen LogP contribution in [-0.4, -0.2) is 45.7 Å². The van der Waals surface area contributed by atoms with Crippen LogP contribution >= 0.6 is 24.0 Å². The van der Waals surface area contributed by atoms with Crippen molar-refractivity contribution in [2.75, 3.05) is 19.6 Å². The lowest BCUT2D eigenvalue weighted by Crippen LogP contribution is -2.45. The number of nitriles is 1. The summed E-state index contributed by atoms with van der Waals surface area (Å²) in [5.74, 6) is 1.74. The van der Waals surface area contributed by atoms with E-state index < -0.39 is 0 Å². The molecule has 9 heteroatoms. The maximum absolute atomic E-state index is 14.0. The summed E-state index contributed by atoms with van der Waals surface area (Å²) in [5, 5.41) is 19.1. The number of piperidine rings is 1. The number of halogens is 2. The van der Waals surface area contributed by atoms with Gasteiger partial charge in [0.05, 0.1) is 18.2 Å². The van der Waals surface area contributed by atoms with Gasteiger partial charge < -0.3 is 10.2 Å². The third-order valence-corrected chi connectivity index (χ3v) is 4.52. The van der Waals surface area contributed by atoms with Crippen LogP contribution in [0.15, 0.2) is 29.5 Å². The van der Waals surface area contributed by atoms with Gasteiger partial charge in [0.15, 0.2) is 5.96 Å². The number of hydrogen-bond acceptors (Lipinski definition) is 4. The number of H-pyrrole nitrogens is 1. The number of nitrogens with zero attached hydrogens (tertiary/aromatic N) is 5. The largest absolute Gasteiger partial charge is 0.357 e.